The van der Waals surface area contributed by atoms with Crippen molar-refractivity contribution in [3.63, 3.8) is 0 Å². The van der Waals surface area contributed by atoms with Crippen molar-refractivity contribution < 1.29 is 9.18 Å². The van der Waals surface area contributed by atoms with E-state index >= 15 is 0 Å². The number of nitrogens with one attached hydrogen (secondary N) is 2. The van der Waals surface area contributed by atoms with Crippen LogP contribution in [0, 0.1) is 5.82 Å². The number of benzene rings is 1. The normalized spacial score (nSPS) is 17.9. The van der Waals surface area contributed by atoms with Gasteiger partial charge in [0.1, 0.15) is 5.82 Å². The Morgan fingerprint density at radius 1 is 1.52 bits per heavy atom. The number of rotatable bonds is 4. The number of amides is 1. The molecule has 2 aromatic rings. The Labute approximate surface area is 122 Å². The molecule has 1 aromatic heterocycles. The summed E-state index contributed by atoms with van der Waals surface area (Å²) in [6, 6.07) is 4.88. The number of imidazole rings is 1. The first-order valence-corrected chi connectivity index (χ1v) is 7.03. The van der Waals surface area contributed by atoms with Gasteiger partial charge >= 0.3 is 0 Å². The summed E-state index contributed by atoms with van der Waals surface area (Å²) in [5.41, 5.74) is 0.877. The standard InChI is InChI=1S/C15H17FN4O/c16-13-8-12(3-4-14(13)20-7-6-17-10-20)19-15(21)9-11-2-1-5-18-11/h3-4,6-8,10-11,18H,1-2,5,9H2,(H,19,21). The summed E-state index contributed by atoms with van der Waals surface area (Å²) in [4.78, 5) is 15.8. The van der Waals surface area contributed by atoms with Crippen molar-refractivity contribution in [1.82, 2.24) is 14.9 Å². The topological polar surface area (TPSA) is 59.0 Å². The fourth-order valence-electron chi connectivity index (χ4n) is 2.56. The lowest BCUT2D eigenvalue weighted by molar-refractivity contribution is -0.116. The minimum absolute atomic E-state index is 0.0934. The van der Waals surface area contributed by atoms with E-state index in [1.165, 1.54) is 12.4 Å². The number of aromatic nitrogens is 2. The molecule has 6 heteroatoms. The number of anilines is 1. The molecule has 110 valence electrons. The van der Waals surface area contributed by atoms with E-state index in [0.717, 1.165) is 19.4 Å². The molecule has 0 bridgehead atoms. The van der Waals surface area contributed by atoms with Crippen molar-refractivity contribution in [2.24, 2.45) is 0 Å². The summed E-state index contributed by atoms with van der Waals surface area (Å²) in [6.07, 6.45) is 7.33. The molecular weight excluding hydrogens is 271 g/mol. The molecule has 1 saturated heterocycles. The highest BCUT2D eigenvalue weighted by Crippen LogP contribution is 2.18. The Morgan fingerprint density at radius 2 is 2.43 bits per heavy atom. The molecule has 1 atom stereocenters. The van der Waals surface area contributed by atoms with Crippen LogP contribution in [0.25, 0.3) is 5.69 Å². The highest BCUT2D eigenvalue weighted by molar-refractivity contribution is 5.91. The quantitative estimate of drug-likeness (QED) is 0.905. The molecule has 1 unspecified atom stereocenters. The lowest BCUT2D eigenvalue weighted by Gasteiger charge is -2.11. The summed E-state index contributed by atoms with van der Waals surface area (Å²) in [6.45, 7) is 0.964. The number of carbonyl (C=O) groups is 1. The van der Waals surface area contributed by atoms with Crippen LogP contribution < -0.4 is 10.6 Å². The number of hydrogen-bond donors (Lipinski definition) is 2. The van der Waals surface area contributed by atoms with Gasteiger partial charge in [-0.05, 0) is 37.6 Å². The molecule has 3 rings (SSSR count). The van der Waals surface area contributed by atoms with E-state index in [1.54, 1.807) is 29.1 Å². The van der Waals surface area contributed by atoms with Crippen LogP contribution >= 0.6 is 0 Å². The summed E-state index contributed by atoms with van der Waals surface area (Å²) in [5.74, 6) is -0.492. The molecule has 1 aromatic carbocycles. The summed E-state index contributed by atoms with van der Waals surface area (Å²) < 4.78 is 15.6. The lowest BCUT2D eigenvalue weighted by Crippen LogP contribution is -2.27. The fraction of sp³-hybridized carbons (Fsp3) is 0.333. The molecular formula is C15H17FN4O. The van der Waals surface area contributed by atoms with Crippen molar-refractivity contribution >= 4 is 11.6 Å². The maximum absolute atomic E-state index is 14.1. The van der Waals surface area contributed by atoms with E-state index in [4.69, 9.17) is 0 Å². The predicted molar refractivity (Wildman–Crippen MR) is 77.8 cm³/mol. The Kier molecular flexibility index (Phi) is 3.96. The van der Waals surface area contributed by atoms with Gasteiger partial charge in [-0.15, -0.1) is 0 Å². The van der Waals surface area contributed by atoms with Crippen LogP contribution in [0.5, 0.6) is 0 Å². The minimum Gasteiger partial charge on any atom is -0.326 e. The first-order valence-electron chi connectivity index (χ1n) is 7.03. The van der Waals surface area contributed by atoms with Crippen molar-refractivity contribution in [2.45, 2.75) is 25.3 Å². The molecule has 2 N–H and O–H groups in total. The van der Waals surface area contributed by atoms with Gasteiger partial charge in [-0.25, -0.2) is 9.37 Å². The second-order valence-corrected chi connectivity index (χ2v) is 5.18. The van der Waals surface area contributed by atoms with E-state index in [1.807, 2.05) is 0 Å². The van der Waals surface area contributed by atoms with E-state index in [2.05, 4.69) is 15.6 Å². The zero-order valence-electron chi connectivity index (χ0n) is 11.6. The van der Waals surface area contributed by atoms with E-state index in [0.29, 0.717) is 17.8 Å². The Hall–Kier alpha value is -2.21. The average Bonchev–Trinajstić information content (AvgIpc) is 3.11. The summed E-state index contributed by atoms with van der Waals surface area (Å²) >= 11 is 0. The summed E-state index contributed by atoms with van der Waals surface area (Å²) in [7, 11) is 0. The number of halogens is 1. The minimum atomic E-state index is -0.398. The fourth-order valence-corrected chi connectivity index (χ4v) is 2.56. The molecule has 2 heterocycles. The third-order valence-corrected chi connectivity index (χ3v) is 3.61. The van der Waals surface area contributed by atoms with Crippen LogP contribution in [0.4, 0.5) is 10.1 Å². The average molecular weight is 288 g/mol. The summed E-state index contributed by atoms with van der Waals surface area (Å²) in [5, 5.41) is 6.01. The smallest absolute Gasteiger partial charge is 0.225 e. The monoisotopic (exact) mass is 288 g/mol. The first-order chi connectivity index (χ1) is 10.2. The van der Waals surface area contributed by atoms with Crippen LogP contribution in [-0.4, -0.2) is 28.0 Å². The van der Waals surface area contributed by atoms with Gasteiger partial charge in [-0.3, -0.25) is 4.79 Å². The van der Waals surface area contributed by atoms with Crippen LogP contribution in [-0.2, 0) is 4.79 Å². The lowest BCUT2D eigenvalue weighted by atomic mass is 10.1. The molecule has 1 fully saturated rings. The third-order valence-electron chi connectivity index (χ3n) is 3.61. The van der Waals surface area contributed by atoms with E-state index in [-0.39, 0.29) is 11.9 Å². The first kappa shape index (κ1) is 13.8. The zero-order valence-corrected chi connectivity index (χ0v) is 11.6. The van der Waals surface area contributed by atoms with Crippen LogP contribution in [0.15, 0.2) is 36.9 Å². The molecule has 0 saturated carbocycles. The van der Waals surface area contributed by atoms with Crippen molar-refractivity contribution in [3.05, 3.63) is 42.7 Å². The Bertz CT molecular complexity index is 621. The molecule has 0 spiro atoms. The van der Waals surface area contributed by atoms with Gasteiger partial charge in [0.25, 0.3) is 0 Å². The highest BCUT2D eigenvalue weighted by Gasteiger charge is 2.17. The number of carbonyl (C=O) groups excluding carboxylic acids is 1. The van der Waals surface area contributed by atoms with Gasteiger partial charge < -0.3 is 15.2 Å². The highest BCUT2D eigenvalue weighted by atomic mass is 19.1. The van der Waals surface area contributed by atoms with Gasteiger partial charge in [0.2, 0.25) is 5.91 Å². The number of hydrogen-bond acceptors (Lipinski definition) is 3. The molecule has 5 nitrogen and oxygen atoms in total. The second-order valence-electron chi connectivity index (χ2n) is 5.18. The Morgan fingerprint density at radius 3 is 3.10 bits per heavy atom. The van der Waals surface area contributed by atoms with E-state index in [9.17, 15) is 9.18 Å². The van der Waals surface area contributed by atoms with E-state index < -0.39 is 5.82 Å². The SMILES string of the molecule is O=C(CC1CCCN1)Nc1ccc(-n2ccnc2)c(F)c1. The van der Waals surface area contributed by atoms with Gasteiger partial charge in [-0.2, -0.15) is 0 Å². The van der Waals surface area contributed by atoms with Crippen LogP contribution in [0.3, 0.4) is 0 Å². The predicted octanol–water partition coefficient (Wildman–Crippen LogP) is 2.09. The molecule has 1 amide bonds. The molecule has 0 aliphatic carbocycles. The van der Waals surface area contributed by atoms with Gasteiger partial charge in [0.05, 0.1) is 12.0 Å². The third kappa shape index (κ3) is 3.28. The van der Waals surface area contributed by atoms with Gasteiger partial charge in [0.15, 0.2) is 0 Å². The van der Waals surface area contributed by atoms with Gasteiger partial charge in [-0.1, -0.05) is 0 Å². The van der Waals surface area contributed by atoms with Crippen molar-refractivity contribution in [1.29, 1.82) is 0 Å². The Balaban J connectivity index is 1.66. The van der Waals surface area contributed by atoms with Gasteiger partial charge in [0, 0.05) is 30.5 Å². The zero-order chi connectivity index (χ0) is 14.7. The molecule has 1 aliphatic heterocycles. The van der Waals surface area contributed by atoms with Crippen molar-refractivity contribution in [3.8, 4) is 5.69 Å². The maximum atomic E-state index is 14.1. The molecule has 0 radical (unpaired) electrons. The second kappa shape index (κ2) is 6.05. The van der Waals surface area contributed by atoms with Crippen LogP contribution in [0.2, 0.25) is 0 Å². The molecule has 21 heavy (non-hydrogen) atoms. The maximum Gasteiger partial charge on any atom is 0.225 e. The molecule has 1 aliphatic rings. The largest absolute Gasteiger partial charge is 0.326 e. The number of nitrogens with zero attached hydrogens (tertiary/aromatic N) is 2. The van der Waals surface area contributed by atoms with Crippen molar-refractivity contribution in [2.75, 3.05) is 11.9 Å². The van der Waals surface area contributed by atoms with Crippen LogP contribution in [0.1, 0.15) is 19.3 Å².